The zero-order valence-electron chi connectivity index (χ0n) is 16.1. The van der Waals surface area contributed by atoms with E-state index in [1.54, 1.807) is 79.9 Å². The van der Waals surface area contributed by atoms with Gasteiger partial charge < -0.3 is 14.2 Å². The van der Waals surface area contributed by atoms with Gasteiger partial charge in [0.2, 0.25) is 0 Å². The minimum Gasteiger partial charge on any atom is -0.497 e. The number of hydrogen-bond acceptors (Lipinski definition) is 5. The molecule has 0 aromatic heterocycles. The summed E-state index contributed by atoms with van der Waals surface area (Å²) < 4.78 is 15.8. The molecule has 3 aromatic rings. The lowest BCUT2D eigenvalue weighted by atomic mass is 10.1. The van der Waals surface area contributed by atoms with Crippen LogP contribution in [0.25, 0.3) is 6.08 Å². The number of esters is 1. The quantitative estimate of drug-likeness (QED) is 0.251. The molecule has 0 fully saturated rings. The Labute approximate surface area is 169 Å². The molecule has 0 N–H and O–H groups in total. The molecule has 0 atom stereocenters. The molecule has 0 spiro atoms. The number of carbonyl (C=O) groups excluding carboxylic acids is 2. The first-order valence-corrected chi connectivity index (χ1v) is 8.92. The Morgan fingerprint density at radius 2 is 1.48 bits per heavy atom. The van der Waals surface area contributed by atoms with Crippen molar-refractivity contribution in [2.45, 2.75) is 0 Å². The van der Waals surface area contributed by atoms with Crippen LogP contribution in [-0.2, 0) is 0 Å². The molecule has 0 saturated heterocycles. The van der Waals surface area contributed by atoms with Gasteiger partial charge in [-0.05, 0) is 48.0 Å². The summed E-state index contributed by atoms with van der Waals surface area (Å²) in [4.78, 5) is 24.6. The van der Waals surface area contributed by atoms with E-state index in [-0.39, 0.29) is 5.78 Å². The molecule has 0 heterocycles. The number of ketones is 1. The lowest BCUT2D eigenvalue weighted by Gasteiger charge is -2.08. The van der Waals surface area contributed by atoms with E-state index in [2.05, 4.69) is 0 Å². The topological polar surface area (TPSA) is 61.8 Å². The van der Waals surface area contributed by atoms with Crippen LogP contribution in [0.3, 0.4) is 0 Å². The number of ether oxygens (including phenoxy) is 3. The van der Waals surface area contributed by atoms with Crippen LogP contribution in [0, 0.1) is 0 Å². The molecular weight excluding hydrogens is 368 g/mol. The zero-order chi connectivity index (χ0) is 20.6. The van der Waals surface area contributed by atoms with Crippen molar-refractivity contribution in [2.75, 3.05) is 14.2 Å². The summed E-state index contributed by atoms with van der Waals surface area (Å²) in [6.45, 7) is 0. The van der Waals surface area contributed by atoms with Crippen LogP contribution in [0.1, 0.15) is 26.3 Å². The second kappa shape index (κ2) is 9.37. The molecule has 0 amide bonds. The second-order valence-electron chi connectivity index (χ2n) is 6.09. The van der Waals surface area contributed by atoms with Gasteiger partial charge in [-0.1, -0.05) is 36.4 Å². The molecule has 0 radical (unpaired) electrons. The van der Waals surface area contributed by atoms with Crippen LogP contribution in [-0.4, -0.2) is 26.0 Å². The number of methoxy groups -OCH3 is 2. The lowest BCUT2D eigenvalue weighted by molar-refractivity contribution is 0.0734. The molecule has 0 aliphatic carbocycles. The number of hydrogen-bond donors (Lipinski definition) is 0. The molecule has 0 saturated carbocycles. The van der Waals surface area contributed by atoms with Gasteiger partial charge in [0.1, 0.15) is 17.2 Å². The van der Waals surface area contributed by atoms with Crippen molar-refractivity contribution < 1.29 is 23.8 Å². The summed E-state index contributed by atoms with van der Waals surface area (Å²) >= 11 is 0. The summed E-state index contributed by atoms with van der Waals surface area (Å²) in [5, 5.41) is 0. The molecule has 3 rings (SSSR count). The first-order valence-electron chi connectivity index (χ1n) is 8.92. The molecule has 5 nitrogen and oxygen atoms in total. The molecule has 146 valence electrons. The normalized spacial score (nSPS) is 10.6. The molecule has 0 bridgehead atoms. The number of benzene rings is 3. The van der Waals surface area contributed by atoms with E-state index in [9.17, 15) is 9.59 Å². The molecule has 29 heavy (non-hydrogen) atoms. The Balaban J connectivity index is 1.67. The number of rotatable bonds is 7. The van der Waals surface area contributed by atoms with Crippen molar-refractivity contribution in [3.05, 3.63) is 95.6 Å². The Morgan fingerprint density at radius 3 is 2.14 bits per heavy atom. The smallest absolute Gasteiger partial charge is 0.343 e. The fourth-order valence-electron chi connectivity index (χ4n) is 2.65. The van der Waals surface area contributed by atoms with E-state index in [0.29, 0.717) is 28.4 Å². The number of carbonyl (C=O) groups is 2. The minimum absolute atomic E-state index is 0.191. The van der Waals surface area contributed by atoms with E-state index in [1.165, 1.54) is 13.2 Å². The van der Waals surface area contributed by atoms with Crippen LogP contribution < -0.4 is 14.2 Å². The highest BCUT2D eigenvalue weighted by molar-refractivity contribution is 6.08. The van der Waals surface area contributed by atoms with E-state index in [0.717, 1.165) is 5.56 Å². The third kappa shape index (κ3) is 5.11. The predicted molar refractivity (Wildman–Crippen MR) is 111 cm³/mol. The van der Waals surface area contributed by atoms with Crippen molar-refractivity contribution in [1.82, 2.24) is 0 Å². The van der Waals surface area contributed by atoms with Crippen LogP contribution >= 0.6 is 0 Å². The first kappa shape index (κ1) is 19.9. The highest BCUT2D eigenvalue weighted by Crippen LogP contribution is 2.25. The van der Waals surface area contributed by atoms with Crippen LogP contribution in [0.2, 0.25) is 0 Å². The molecule has 3 aromatic carbocycles. The Morgan fingerprint density at radius 1 is 0.793 bits per heavy atom. The van der Waals surface area contributed by atoms with Crippen molar-refractivity contribution in [3.63, 3.8) is 0 Å². The van der Waals surface area contributed by atoms with Gasteiger partial charge in [0.25, 0.3) is 0 Å². The van der Waals surface area contributed by atoms with E-state index >= 15 is 0 Å². The largest absolute Gasteiger partial charge is 0.497 e. The van der Waals surface area contributed by atoms with Crippen molar-refractivity contribution >= 4 is 17.8 Å². The third-order valence-electron chi connectivity index (χ3n) is 4.20. The Kier molecular flexibility index (Phi) is 6.43. The highest BCUT2D eigenvalue weighted by Gasteiger charge is 2.11. The lowest BCUT2D eigenvalue weighted by Crippen LogP contribution is -2.07. The average Bonchev–Trinajstić information content (AvgIpc) is 2.78. The number of allylic oxidation sites excluding steroid dienone is 1. The van der Waals surface area contributed by atoms with Crippen molar-refractivity contribution in [2.24, 2.45) is 0 Å². The Hall–Kier alpha value is -3.86. The highest BCUT2D eigenvalue weighted by atomic mass is 16.5. The monoisotopic (exact) mass is 388 g/mol. The molecule has 0 aliphatic heterocycles. The standard InChI is InChI=1S/C24H20O5/c1-27-20-13-14-21(23(16-20)28-2)22(25)15-10-17-8-11-19(12-9-17)29-24(26)18-6-4-3-5-7-18/h3-16H,1-2H3. The first-order chi connectivity index (χ1) is 14.1. The molecule has 0 aliphatic rings. The maximum absolute atomic E-state index is 12.5. The summed E-state index contributed by atoms with van der Waals surface area (Å²) in [7, 11) is 3.06. The SMILES string of the molecule is COc1ccc(C(=O)C=Cc2ccc(OC(=O)c3ccccc3)cc2)c(OC)c1. The van der Waals surface area contributed by atoms with Gasteiger partial charge in [-0.15, -0.1) is 0 Å². The summed E-state index contributed by atoms with van der Waals surface area (Å²) in [6.07, 6.45) is 3.16. The average molecular weight is 388 g/mol. The van der Waals surface area contributed by atoms with E-state index < -0.39 is 5.97 Å². The zero-order valence-corrected chi connectivity index (χ0v) is 16.1. The predicted octanol–water partition coefficient (Wildman–Crippen LogP) is 4.82. The Bertz CT molecular complexity index is 1020. The van der Waals surface area contributed by atoms with Crippen molar-refractivity contribution in [1.29, 1.82) is 0 Å². The third-order valence-corrected chi connectivity index (χ3v) is 4.20. The second-order valence-corrected chi connectivity index (χ2v) is 6.09. The van der Waals surface area contributed by atoms with Gasteiger partial charge in [0.15, 0.2) is 5.78 Å². The van der Waals surface area contributed by atoms with Gasteiger partial charge in [0, 0.05) is 6.07 Å². The van der Waals surface area contributed by atoms with E-state index in [4.69, 9.17) is 14.2 Å². The fraction of sp³-hybridized carbons (Fsp3) is 0.0833. The molecule has 0 unspecified atom stereocenters. The van der Waals surface area contributed by atoms with Crippen LogP contribution in [0.4, 0.5) is 0 Å². The summed E-state index contributed by atoms with van der Waals surface area (Å²) in [5.41, 5.74) is 1.72. The van der Waals surface area contributed by atoms with E-state index in [1.807, 2.05) is 6.07 Å². The summed E-state index contributed by atoms with van der Waals surface area (Å²) in [5.74, 6) is 0.879. The maximum Gasteiger partial charge on any atom is 0.343 e. The van der Waals surface area contributed by atoms with Crippen LogP contribution in [0.15, 0.2) is 78.9 Å². The molecule has 5 heteroatoms. The van der Waals surface area contributed by atoms with Gasteiger partial charge >= 0.3 is 5.97 Å². The summed E-state index contributed by atoms with van der Waals surface area (Å²) in [6, 6.07) is 20.7. The van der Waals surface area contributed by atoms with Crippen LogP contribution in [0.5, 0.6) is 17.2 Å². The van der Waals surface area contributed by atoms with Crippen molar-refractivity contribution in [3.8, 4) is 17.2 Å². The van der Waals surface area contributed by atoms with Gasteiger partial charge in [-0.2, -0.15) is 0 Å². The minimum atomic E-state index is -0.421. The maximum atomic E-state index is 12.5. The van der Waals surface area contributed by atoms with Gasteiger partial charge in [-0.3, -0.25) is 4.79 Å². The fourth-order valence-corrected chi connectivity index (χ4v) is 2.65. The van der Waals surface area contributed by atoms with Gasteiger partial charge in [-0.25, -0.2) is 4.79 Å². The molecular formula is C24H20O5. The van der Waals surface area contributed by atoms with Gasteiger partial charge in [0.05, 0.1) is 25.3 Å².